The Labute approximate surface area is 157 Å². The molecule has 2 fully saturated rings. The van der Waals surface area contributed by atoms with E-state index in [1.165, 1.54) is 12.0 Å². The maximum Gasteiger partial charge on any atom is 0.254 e. The zero-order valence-corrected chi connectivity index (χ0v) is 16.5. The van der Waals surface area contributed by atoms with E-state index in [0.717, 1.165) is 57.7 Å². The molecule has 5 nitrogen and oxygen atoms in total. The Kier molecular flexibility index (Phi) is 6.68. The van der Waals surface area contributed by atoms with E-state index in [4.69, 9.17) is 4.74 Å². The predicted molar refractivity (Wildman–Crippen MR) is 104 cm³/mol. The molecular weight excluding hydrogens is 326 g/mol. The number of benzene rings is 1. The molecule has 2 atom stereocenters. The average molecular weight is 360 g/mol. The molecule has 2 saturated heterocycles. The van der Waals surface area contributed by atoms with Crippen molar-refractivity contribution in [3.63, 3.8) is 0 Å². The molecule has 0 bridgehead atoms. The van der Waals surface area contributed by atoms with Crippen LogP contribution in [0.4, 0.5) is 0 Å². The molecule has 0 spiro atoms. The van der Waals surface area contributed by atoms with Crippen LogP contribution in [0.15, 0.2) is 24.3 Å². The molecule has 5 heteroatoms. The number of piperidine rings is 1. The summed E-state index contributed by atoms with van der Waals surface area (Å²) in [5, 5.41) is 0. The third kappa shape index (κ3) is 5.06. The predicted octanol–water partition coefficient (Wildman–Crippen LogP) is 2.46. The van der Waals surface area contributed by atoms with Gasteiger partial charge in [0.25, 0.3) is 5.91 Å². The van der Waals surface area contributed by atoms with Crippen molar-refractivity contribution in [2.24, 2.45) is 0 Å². The van der Waals surface area contributed by atoms with Crippen LogP contribution in [0.3, 0.4) is 0 Å². The summed E-state index contributed by atoms with van der Waals surface area (Å²) in [5.74, 6) is 0.183. The van der Waals surface area contributed by atoms with Crippen LogP contribution in [0.2, 0.25) is 0 Å². The van der Waals surface area contributed by atoms with E-state index >= 15 is 0 Å². The second-order valence-corrected chi connectivity index (χ2v) is 8.02. The highest BCUT2D eigenvalue weighted by Crippen LogP contribution is 2.21. The van der Waals surface area contributed by atoms with Crippen LogP contribution in [-0.2, 0) is 11.3 Å². The van der Waals surface area contributed by atoms with E-state index in [1.807, 2.05) is 12.1 Å². The molecule has 0 aliphatic carbocycles. The summed E-state index contributed by atoms with van der Waals surface area (Å²) in [5.41, 5.74) is 2.08. The van der Waals surface area contributed by atoms with E-state index in [9.17, 15) is 4.79 Å². The molecule has 1 amide bonds. The molecule has 1 aromatic carbocycles. The highest BCUT2D eigenvalue weighted by molar-refractivity contribution is 5.94. The lowest BCUT2D eigenvalue weighted by molar-refractivity contribution is -0.0212. The van der Waals surface area contributed by atoms with Gasteiger partial charge in [-0.3, -0.25) is 9.69 Å². The molecule has 2 unspecified atom stereocenters. The zero-order valence-electron chi connectivity index (χ0n) is 16.5. The Morgan fingerprint density at radius 1 is 1.19 bits per heavy atom. The van der Waals surface area contributed by atoms with Gasteiger partial charge in [-0.05, 0) is 58.0 Å². The molecule has 144 valence electrons. The summed E-state index contributed by atoms with van der Waals surface area (Å²) >= 11 is 0. The number of likely N-dealkylation sites (tertiary alicyclic amines) is 1. The van der Waals surface area contributed by atoms with Gasteiger partial charge in [0.05, 0.1) is 12.7 Å². The van der Waals surface area contributed by atoms with Gasteiger partial charge in [0.15, 0.2) is 0 Å². The maximum atomic E-state index is 13.0. The molecule has 2 aliphatic rings. The van der Waals surface area contributed by atoms with Crippen LogP contribution in [0.25, 0.3) is 0 Å². The molecular formula is C21H33N3O2. The molecule has 0 radical (unpaired) electrons. The summed E-state index contributed by atoms with van der Waals surface area (Å²) in [6, 6.07) is 8.56. The first kappa shape index (κ1) is 19.3. The number of hydrogen-bond acceptors (Lipinski definition) is 4. The first-order valence-corrected chi connectivity index (χ1v) is 9.91. The van der Waals surface area contributed by atoms with Gasteiger partial charge in [-0.15, -0.1) is 0 Å². The Balaban J connectivity index is 1.62. The topological polar surface area (TPSA) is 36.0 Å². The number of hydrogen-bond donors (Lipinski definition) is 0. The van der Waals surface area contributed by atoms with Crippen LogP contribution in [0.1, 0.15) is 42.1 Å². The number of likely N-dealkylation sites (N-methyl/N-ethyl adjacent to an activating group) is 1. The molecule has 0 N–H and O–H groups in total. The standard InChI is InChI=1S/C21H33N3O2/c1-17-14-23(12-13-26-17)15-18-7-9-19(10-8-18)21(25)24-11-5-4-6-20(24)16-22(2)3/h7-10,17,20H,4-6,11-16H2,1-3H3. The molecule has 26 heavy (non-hydrogen) atoms. The fraction of sp³-hybridized carbons (Fsp3) is 0.667. The summed E-state index contributed by atoms with van der Waals surface area (Å²) in [7, 11) is 4.16. The van der Waals surface area contributed by atoms with Crippen LogP contribution in [0, 0.1) is 0 Å². The summed E-state index contributed by atoms with van der Waals surface area (Å²) in [6.45, 7) is 7.63. The third-order valence-electron chi connectivity index (χ3n) is 5.40. The molecule has 1 aromatic rings. The SMILES string of the molecule is CC1CN(Cc2ccc(C(=O)N3CCCCC3CN(C)C)cc2)CCO1. The first-order chi connectivity index (χ1) is 12.5. The van der Waals surface area contributed by atoms with Gasteiger partial charge in [0, 0.05) is 44.3 Å². The first-order valence-electron chi connectivity index (χ1n) is 9.91. The summed E-state index contributed by atoms with van der Waals surface area (Å²) < 4.78 is 5.61. The summed E-state index contributed by atoms with van der Waals surface area (Å²) in [6.07, 6.45) is 3.75. The lowest BCUT2D eigenvalue weighted by Gasteiger charge is -2.37. The summed E-state index contributed by atoms with van der Waals surface area (Å²) in [4.78, 5) is 19.7. The number of carbonyl (C=O) groups excluding carboxylic acids is 1. The average Bonchev–Trinajstić information content (AvgIpc) is 2.62. The highest BCUT2D eigenvalue weighted by atomic mass is 16.5. The second-order valence-electron chi connectivity index (χ2n) is 8.02. The van der Waals surface area contributed by atoms with E-state index in [-0.39, 0.29) is 5.91 Å². The van der Waals surface area contributed by atoms with E-state index < -0.39 is 0 Å². The van der Waals surface area contributed by atoms with Gasteiger partial charge in [-0.1, -0.05) is 12.1 Å². The molecule has 0 aromatic heterocycles. The van der Waals surface area contributed by atoms with Crippen LogP contribution in [-0.4, -0.2) is 79.6 Å². The van der Waals surface area contributed by atoms with Gasteiger partial charge < -0.3 is 14.5 Å². The van der Waals surface area contributed by atoms with E-state index in [0.29, 0.717) is 12.1 Å². The minimum Gasteiger partial charge on any atom is -0.376 e. The quantitative estimate of drug-likeness (QED) is 0.809. The zero-order chi connectivity index (χ0) is 18.5. The smallest absolute Gasteiger partial charge is 0.254 e. The number of rotatable bonds is 5. The van der Waals surface area contributed by atoms with Crippen LogP contribution in [0.5, 0.6) is 0 Å². The van der Waals surface area contributed by atoms with Crippen molar-refractivity contribution in [1.82, 2.24) is 14.7 Å². The van der Waals surface area contributed by atoms with Crippen molar-refractivity contribution < 1.29 is 9.53 Å². The van der Waals surface area contributed by atoms with Gasteiger partial charge in [0.2, 0.25) is 0 Å². The van der Waals surface area contributed by atoms with Gasteiger partial charge >= 0.3 is 0 Å². The molecule has 2 heterocycles. The van der Waals surface area contributed by atoms with Crippen molar-refractivity contribution in [2.75, 3.05) is 46.9 Å². The number of amides is 1. The maximum absolute atomic E-state index is 13.0. The monoisotopic (exact) mass is 359 g/mol. The molecule has 2 aliphatic heterocycles. The lowest BCUT2D eigenvalue weighted by Crippen LogP contribution is -2.48. The van der Waals surface area contributed by atoms with Gasteiger partial charge in [-0.25, -0.2) is 0 Å². The van der Waals surface area contributed by atoms with Crippen molar-refractivity contribution >= 4 is 5.91 Å². The van der Waals surface area contributed by atoms with Gasteiger partial charge in [0.1, 0.15) is 0 Å². The van der Waals surface area contributed by atoms with Crippen molar-refractivity contribution in [3.8, 4) is 0 Å². The molecule has 3 rings (SSSR count). The Hall–Kier alpha value is -1.43. The van der Waals surface area contributed by atoms with E-state index in [2.05, 4.69) is 47.9 Å². The lowest BCUT2D eigenvalue weighted by atomic mass is 10.00. The van der Waals surface area contributed by atoms with Crippen molar-refractivity contribution in [2.45, 2.75) is 44.9 Å². The van der Waals surface area contributed by atoms with Crippen LogP contribution < -0.4 is 0 Å². The highest BCUT2D eigenvalue weighted by Gasteiger charge is 2.27. The van der Waals surface area contributed by atoms with Crippen molar-refractivity contribution in [1.29, 1.82) is 0 Å². The number of morpholine rings is 1. The second kappa shape index (κ2) is 8.98. The minimum absolute atomic E-state index is 0.183. The Morgan fingerprint density at radius 3 is 2.65 bits per heavy atom. The molecule has 0 saturated carbocycles. The minimum atomic E-state index is 0.183. The van der Waals surface area contributed by atoms with E-state index in [1.54, 1.807) is 0 Å². The number of carbonyl (C=O) groups is 1. The Morgan fingerprint density at radius 2 is 1.96 bits per heavy atom. The Bertz CT molecular complexity index is 587. The largest absolute Gasteiger partial charge is 0.376 e. The normalized spacial score (nSPS) is 24.8. The third-order valence-corrected chi connectivity index (χ3v) is 5.40. The van der Waals surface area contributed by atoms with Gasteiger partial charge in [-0.2, -0.15) is 0 Å². The fourth-order valence-electron chi connectivity index (χ4n) is 4.09. The number of nitrogens with zero attached hydrogens (tertiary/aromatic N) is 3. The van der Waals surface area contributed by atoms with Crippen LogP contribution >= 0.6 is 0 Å². The number of ether oxygens (including phenoxy) is 1. The fourth-order valence-corrected chi connectivity index (χ4v) is 4.09. The van der Waals surface area contributed by atoms with Crippen molar-refractivity contribution in [3.05, 3.63) is 35.4 Å².